The second kappa shape index (κ2) is 24.8. The van der Waals surface area contributed by atoms with E-state index in [2.05, 4.69) is 0 Å². The highest BCUT2D eigenvalue weighted by molar-refractivity contribution is 8.76. The number of para-hydroxylation sites is 1. The van der Waals surface area contributed by atoms with E-state index in [1.165, 1.54) is 58.9 Å². The molecule has 0 fully saturated rings. The maximum atomic E-state index is 12.5. The quantitative estimate of drug-likeness (QED) is 0.0466. The van der Waals surface area contributed by atoms with Gasteiger partial charge < -0.3 is 40.9 Å². The molecule has 0 spiro atoms. The van der Waals surface area contributed by atoms with Crippen LogP contribution in [0, 0.1) is 0 Å². The summed E-state index contributed by atoms with van der Waals surface area (Å²) in [7, 11) is -2.20. The summed E-state index contributed by atoms with van der Waals surface area (Å²) in [5.41, 5.74) is 0.350. The number of hydrogen-bond acceptors (Lipinski definition) is 12. The lowest BCUT2D eigenvalue weighted by Crippen LogP contribution is -2.22. The topological polar surface area (TPSA) is 322 Å². The van der Waals surface area contributed by atoms with Gasteiger partial charge in [0, 0.05) is 30.0 Å². The Labute approximate surface area is 353 Å². The maximum Gasteiger partial charge on any atom is 0.394 e. The molecule has 10 N–H and O–H groups in total. The molecule has 0 saturated carbocycles. The fraction of sp³-hybridized carbons (Fsp3) is 0.103. The Hall–Kier alpha value is -6.04. The van der Waals surface area contributed by atoms with Gasteiger partial charge in [-0.15, -0.1) is 11.3 Å². The number of carboxylic acid groups (broad SMARTS) is 4. The van der Waals surface area contributed by atoms with Crippen molar-refractivity contribution in [2.45, 2.75) is 35.8 Å². The fourth-order valence-electron chi connectivity index (χ4n) is 4.39. The van der Waals surface area contributed by atoms with Crippen LogP contribution in [0.25, 0.3) is 20.2 Å². The SMILES string of the molecule is CC(Oc1ccc2sc3ccccc3c(=O)c2c1)C(=O)O.CC(Oc1ccccc1)C(=O)O.O.O.O=C(O)c1ccccc1SSc1ccccc1C(=O)O.O=S(=O)(O)O. The summed E-state index contributed by atoms with van der Waals surface area (Å²) in [4.78, 5) is 57.1. The third-order valence-electron chi connectivity index (χ3n) is 7.07. The first-order valence-corrected chi connectivity index (χ1v) is 20.7. The molecule has 0 aliphatic carbocycles. The molecule has 6 rings (SSSR count). The van der Waals surface area contributed by atoms with E-state index in [-0.39, 0.29) is 27.5 Å². The molecule has 2 atom stereocenters. The van der Waals surface area contributed by atoms with Crippen LogP contribution in [0.3, 0.4) is 0 Å². The van der Waals surface area contributed by atoms with Crippen molar-refractivity contribution in [3.05, 3.63) is 143 Å². The van der Waals surface area contributed by atoms with Gasteiger partial charge in [0.1, 0.15) is 11.5 Å². The molecule has 0 radical (unpaired) electrons. The van der Waals surface area contributed by atoms with Crippen molar-refractivity contribution in [3.63, 3.8) is 0 Å². The first-order chi connectivity index (χ1) is 27.3. The Morgan fingerprint density at radius 1 is 0.567 bits per heavy atom. The lowest BCUT2D eigenvalue weighted by molar-refractivity contribution is -0.145. The van der Waals surface area contributed by atoms with Crippen LogP contribution < -0.4 is 14.9 Å². The number of aliphatic carboxylic acids is 2. The predicted molar refractivity (Wildman–Crippen MR) is 227 cm³/mol. The zero-order chi connectivity index (χ0) is 43.0. The second-order valence-corrected chi connectivity index (χ2v) is 15.5. The monoisotopic (exact) mass is 906 g/mol. The molecule has 0 aliphatic rings. The Morgan fingerprint density at radius 2 is 0.967 bits per heavy atom. The highest BCUT2D eigenvalue weighted by atomic mass is 33.1. The van der Waals surface area contributed by atoms with Crippen LogP contribution in [0.1, 0.15) is 34.6 Å². The molecule has 0 aliphatic heterocycles. The molecular formula is C39H38O17S4. The van der Waals surface area contributed by atoms with Crippen molar-refractivity contribution in [1.29, 1.82) is 0 Å². The minimum Gasteiger partial charge on any atom is -0.479 e. The average Bonchev–Trinajstić information content (AvgIpc) is 3.18. The Bertz CT molecular complexity index is 2480. The van der Waals surface area contributed by atoms with E-state index in [0.29, 0.717) is 32.1 Å². The zero-order valence-corrected chi connectivity index (χ0v) is 34.5. The van der Waals surface area contributed by atoms with Gasteiger partial charge in [-0.2, -0.15) is 8.42 Å². The number of carboxylic acids is 4. The third kappa shape index (κ3) is 17.1. The van der Waals surface area contributed by atoms with Crippen LogP contribution >= 0.6 is 32.9 Å². The number of benzene rings is 5. The van der Waals surface area contributed by atoms with Crippen LogP contribution in [0.2, 0.25) is 0 Å². The average molecular weight is 907 g/mol. The van der Waals surface area contributed by atoms with E-state index >= 15 is 0 Å². The van der Waals surface area contributed by atoms with Gasteiger partial charge in [0.05, 0.1) is 11.1 Å². The molecule has 2 unspecified atom stereocenters. The zero-order valence-electron chi connectivity index (χ0n) is 31.2. The predicted octanol–water partition coefficient (Wildman–Crippen LogP) is 6.39. The smallest absolute Gasteiger partial charge is 0.394 e. The lowest BCUT2D eigenvalue weighted by atomic mass is 10.2. The van der Waals surface area contributed by atoms with Gasteiger partial charge in [-0.05, 0) is 80.6 Å². The van der Waals surface area contributed by atoms with Crippen molar-refractivity contribution >= 4 is 87.4 Å². The molecule has 1 aromatic heterocycles. The Morgan fingerprint density at radius 3 is 1.43 bits per heavy atom. The van der Waals surface area contributed by atoms with Gasteiger partial charge in [-0.3, -0.25) is 13.9 Å². The molecule has 0 saturated heterocycles. The van der Waals surface area contributed by atoms with Gasteiger partial charge in [0.25, 0.3) is 0 Å². The summed E-state index contributed by atoms with van der Waals surface area (Å²) in [6.45, 7) is 2.95. The highest BCUT2D eigenvalue weighted by Gasteiger charge is 2.15. The summed E-state index contributed by atoms with van der Waals surface area (Å²) in [5.74, 6) is -3.04. The van der Waals surface area contributed by atoms with Crippen LogP contribution in [-0.2, 0) is 20.0 Å². The van der Waals surface area contributed by atoms with E-state index in [1.54, 1.807) is 84.9 Å². The largest absolute Gasteiger partial charge is 0.479 e. The summed E-state index contributed by atoms with van der Waals surface area (Å²) >= 11 is 1.53. The second-order valence-electron chi connectivity index (χ2n) is 11.3. The van der Waals surface area contributed by atoms with Crippen molar-refractivity contribution < 1.29 is 77.6 Å². The minimum absolute atomic E-state index is 0. The number of fused-ring (bicyclic) bond motifs is 2. The summed E-state index contributed by atoms with van der Waals surface area (Å²) in [6.07, 6.45) is -1.76. The van der Waals surface area contributed by atoms with Crippen molar-refractivity contribution in [3.8, 4) is 11.5 Å². The minimum atomic E-state index is -4.67. The van der Waals surface area contributed by atoms with Gasteiger partial charge >= 0.3 is 34.3 Å². The summed E-state index contributed by atoms with van der Waals surface area (Å²) in [6, 6.07) is 34.7. The molecule has 21 heteroatoms. The number of hydrogen-bond donors (Lipinski definition) is 6. The van der Waals surface area contributed by atoms with Crippen LogP contribution in [-0.4, -0.2) is 85.0 Å². The van der Waals surface area contributed by atoms with E-state index in [9.17, 15) is 24.0 Å². The molecule has 5 aromatic carbocycles. The van der Waals surface area contributed by atoms with E-state index < -0.39 is 46.5 Å². The maximum absolute atomic E-state index is 12.5. The Balaban J connectivity index is 0.000000431. The standard InChI is InChI=1S/C16H12O4S.C14H10O4S2.C9H10O3.H2O4S.2H2O/c1-9(16(18)19)20-10-6-7-14-12(8-10)15(17)11-4-2-3-5-13(11)21-14;15-13(16)9-5-1-3-7-11(9)19-20-12-8-4-2-6-10(12)14(17)18;1-7(9(10)11)12-8-5-3-2-4-6-8;1-5(2,3)4;;/h2-9H,1H3,(H,18,19);1-8H,(H,15,16)(H,17,18);2-7H,1H3,(H,10,11);(H2,1,2,3,4);2*1H2. The highest BCUT2D eigenvalue weighted by Crippen LogP contribution is 2.40. The van der Waals surface area contributed by atoms with Gasteiger partial charge in [-0.25, -0.2) is 19.2 Å². The molecule has 17 nitrogen and oxygen atoms in total. The Kier molecular flexibility index (Phi) is 21.5. The first kappa shape index (κ1) is 52.0. The van der Waals surface area contributed by atoms with Crippen LogP contribution in [0.4, 0.5) is 0 Å². The molecule has 6 aromatic rings. The molecule has 60 heavy (non-hydrogen) atoms. The van der Waals surface area contributed by atoms with E-state index in [1.807, 2.05) is 24.3 Å². The number of carbonyl (C=O) groups is 4. The van der Waals surface area contributed by atoms with Gasteiger partial charge in [-0.1, -0.05) is 76.2 Å². The van der Waals surface area contributed by atoms with Crippen molar-refractivity contribution in [1.82, 2.24) is 0 Å². The number of rotatable bonds is 11. The molecular weight excluding hydrogens is 869 g/mol. The normalized spacial score (nSPS) is 11.1. The third-order valence-corrected chi connectivity index (χ3v) is 10.7. The van der Waals surface area contributed by atoms with Crippen molar-refractivity contribution in [2.24, 2.45) is 0 Å². The van der Waals surface area contributed by atoms with E-state index in [0.717, 1.165) is 9.40 Å². The van der Waals surface area contributed by atoms with Crippen LogP contribution in [0.5, 0.6) is 11.5 Å². The van der Waals surface area contributed by atoms with Gasteiger partial charge in [0.15, 0.2) is 17.6 Å². The fourth-order valence-corrected chi connectivity index (χ4v) is 7.79. The molecule has 1 heterocycles. The molecule has 320 valence electrons. The van der Waals surface area contributed by atoms with Crippen molar-refractivity contribution in [2.75, 3.05) is 0 Å². The van der Waals surface area contributed by atoms with E-state index in [4.69, 9.17) is 47.4 Å². The van der Waals surface area contributed by atoms with Gasteiger partial charge in [0.2, 0.25) is 0 Å². The first-order valence-electron chi connectivity index (χ1n) is 16.3. The van der Waals surface area contributed by atoms with Crippen LogP contribution in [0.15, 0.2) is 136 Å². The lowest BCUT2D eigenvalue weighted by Gasteiger charge is -2.10. The summed E-state index contributed by atoms with van der Waals surface area (Å²) in [5, 5.41) is 36.8. The summed E-state index contributed by atoms with van der Waals surface area (Å²) < 4.78 is 43.8. The molecule has 0 bridgehead atoms. The number of ether oxygens (including phenoxy) is 2. The molecule has 0 amide bonds. The number of aromatic carboxylic acids is 2.